The fourth-order valence-corrected chi connectivity index (χ4v) is 66.1. The molecule has 0 aromatic rings. The Hall–Kier alpha value is 1.26. The topological polar surface area (TPSA) is 71.1 Å². The van der Waals surface area contributed by atoms with Crippen LogP contribution in [0.3, 0.4) is 0 Å². The zero-order valence-electron chi connectivity index (χ0n) is 12.9. The average Bonchev–Trinajstić information content (AvgIpc) is 1.89. The molecule has 0 aliphatic heterocycles. The first-order valence-corrected chi connectivity index (χ1v) is 30.2. The van der Waals surface area contributed by atoms with E-state index in [-0.39, 0.29) is 11.9 Å². The Kier molecular flexibility index (Phi) is 7.99. The summed E-state index contributed by atoms with van der Waals surface area (Å²) >= 11 is -9.87. The van der Waals surface area contributed by atoms with Gasteiger partial charge in [-0.15, -0.1) is 0 Å². The van der Waals surface area contributed by atoms with Crippen LogP contribution >= 0.6 is 0 Å². The van der Waals surface area contributed by atoms with E-state index in [0.29, 0.717) is 0 Å². The molecule has 0 aliphatic rings. The molecule has 0 fully saturated rings. The summed E-state index contributed by atoms with van der Waals surface area (Å²) in [7, 11) is 0. The molecule has 0 amide bonds. The van der Waals surface area contributed by atoms with Crippen LogP contribution < -0.4 is 0 Å². The van der Waals surface area contributed by atoms with Crippen molar-refractivity contribution in [2.75, 3.05) is 0 Å². The summed E-state index contributed by atoms with van der Waals surface area (Å²) in [6, 6.07) is 0. The zero-order chi connectivity index (χ0) is 15.5. The van der Waals surface area contributed by atoms with E-state index in [4.69, 9.17) is 8.97 Å². The first kappa shape index (κ1) is 20.3. The van der Waals surface area contributed by atoms with Crippen LogP contribution in [0.4, 0.5) is 0 Å². The first-order chi connectivity index (χ1) is 8.25. The summed E-state index contributed by atoms with van der Waals surface area (Å²) in [4.78, 5) is 33.5. The number of carbonyl (C=O) groups excluding carboxylic acids is 2. The Labute approximate surface area is 130 Å². The molecular formula is C10H24O6Sn3. The second-order valence-electron chi connectivity index (χ2n) is 5.59. The molecule has 0 saturated heterocycles. The van der Waals surface area contributed by atoms with E-state index >= 15 is 0 Å². The Morgan fingerprint density at radius 1 is 0.632 bits per heavy atom. The SMILES string of the molecule is CC(=O)[O][Sn]([CH3])([CH3])[O][Sn]([CH3])([CH3])[O][Sn]([CH3])([CH3])[O]C(C)=O. The quantitative estimate of drug-likeness (QED) is 0.439. The molecule has 0 N–H and O–H groups in total. The van der Waals surface area contributed by atoms with Crippen molar-refractivity contribution in [2.45, 2.75) is 43.5 Å². The van der Waals surface area contributed by atoms with Gasteiger partial charge in [0.2, 0.25) is 0 Å². The molecule has 0 aromatic heterocycles. The predicted octanol–water partition coefficient (Wildman–Crippen LogP) is 2.25. The van der Waals surface area contributed by atoms with Crippen molar-refractivity contribution in [1.82, 2.24) is 0 Å². The van der Waals surface area contributed by atoms with Gasteiger partial charge in [-0.25, -0.2) is 0 Å². The summed E-state index contributed by atoms with van der Waals surface area (Å²) in [6.07, 6.45) is 0. The number of rotatable bonds is 6. The molecule has 0 saturated carbocycles. The third-order valence-electron chi connectivity index (χ3n) is 1.76. The van der Waals surface area contributed by atoms with Gasteiger partial charge in [0, 0.05) is 0 Å². The molecule has 0 rings (SSSR count). The molecule has 0 unspecified atom stereocenters. The fourth-order valence-electron chi connectivity index (χ4n) is 1.94. The minimum absolute atomic E-state index is 0.314. The van der Waals surface area contributed by atoms with Gasteiger partial charge in [0.05, 0.1) is 0 Å². The van der Waals surface area contributed by atoms with E-state index in [9.17, 15) is 9.59 Å². The second kappa shape index (κ2) is 7.50. The summed E-state index contributed by atoms with van der Waals surface area (Å²) in [5, 5.41) is 0. The van der Waals surface area contributed by atoms with Crippen molar-refractivity contribution < 1.29 is 18.6 Å². The molecule has 19 heavy (non-hydrogen) atoms. The van der Waals surface area contributed by atoms with Gasteiger partial charge in [-0.1, -0.05) is 0 Å². The first-order valence-electron chi connectivity index (χ1n) is 6.04. The predicted molar refractivity (Wildman–Crippen MR) is 78.1 cm³/mol. The van der Waals surface area contributed by atoms with Crippen molar-refractivity contribution in [3.05, 3.63) is 0 Å². The van der Waals surface area contributed by atoms with Crippen molar-refractivity contribution in [2.24, 2.45) is 0 Å². The number of carbonyl (C=O) groups is 2. The summed E-state index contributed by atoms with van der Waals surface area (Å²) < 4.78 is 22.8. The van der Waals surface area contributed by atoms with Crippen molar-refractivity contribution in [3.8, 4) is 0 Å². The average molecular weight is 596 g/mol. The molecular weight excluding hydrogens is 572 g/mol. The fraction of sp³-hybridized carbons (Fsp3) is 0.800. The molecule has 6 nitrogen and oxygen atoms in total. The molecule has 112 valence electrons. The van der Waals surface area contributed by atoms with Crippen LogP contribution in [0, 0.1) is 0 Å². The number of hydrogen-bond acceptors (Lipinski definition) is 6. The Balaban J connectivity index is 4.71. The van der Waals surface area contributed by atoms with Crippen LogP contribution in [0.15, 0.2) is 0 Å². The van der Waals surface area contributed by atoms with Gasteiger partial charge >= 0.3 is 132 Å². The van der Waals surface area contributed by atoms with E-state index in [0.717, 1.165) is 0 Å². The standard InChI is InChI=1S/2C2H4O2.6CH3.2O.3Sn/c2*1-2(3)4;;;;;;;;;;;/h2*1H3,(H,3,4);6*1H3;;;;;/q;;;;;;;;;;;2*+1/p-2. The third kappa shape index (κ3) is 10.6. The maximum absolute atomic E-state index is 11.1. The molecule has 0 bridgehead atoms. The van der Waals surface area contributed by atoms with E-state index in [1.807, 2.05) is 29.6 Å². The van der Waals surface area contributed by atoms with Crippen LogP contribution in [-0.2, 0) is 18.6 Å². The Bertz CT molecular complexity index is 321. The molecule has 0 atom stereocenters. The van der Waals surface area contributed by atoms with E-state index in [1.54, 1.807) is 0 Å². The summed E-state index contributed by atoms with van der Waals surface area (Å²) in [5.41, 5.74) is 0. The van der Waals surface area contributed by atoms with Crippen molar-refractivity contribution in [3.63, 3.8) is 0 Å². The summed E-state index contributed by atoms with van der Waals surface area (Å²) in [6.45, 7) is 2.76. The molecule has 0 radical (unpaired) electrons. The van der Waals surface area contributed by atoms with Crippen LogP contribution in [-0.4, -0.2) is 69.6 Å². The van der Waals surface area contributed by atoms with Crippen LogP contribution in [0.2, 0.25) is 29.6 Å². The van der Waals surface area contributed by atoms with Gasteiger partial charge in [0.25, 0.3) is 0 Å². The van der Waals surface area contributed by atoms with Gasteiger partial charge < -0.3 is 0 Å². The molecule has 9 heteroatoms. The third-order valence-corrected chi connectivity index (χ3v) is 49.5. The second-order valence-corrected chi connectivity index (χ2v) is 39.7. The molecule has 0 aliphatic carbocycles. The molecule has 0 aromatic carbocycles. The summed E-state index contributed by atoms with van der Waals surface area (Å²) in [5.74, 6) is -0.628. The van der Waals surface area contributed by atoms with Gasteiger partial charge in [-0.05, 0) is 0 Å². The molecule has 0 heterocycles. The van der Waals surface area contributed by atoms with Crippen molar-refractivity contribution >= 4 is 69.6 Å². The van der Waals surface area contributed by atoms with E-state index < -0.39 is 57.6 Å². The normalized spacial score (nSPS) is 13.1. The zero-order valence-corrected chi connectivity index (χ0v) is 21.5. The monoisotopic (exact) mass is 600 g/mol. The van der Waals surface area contributed by atoms with Crippen LogP contribution in [0.1, 0.15) is 13.8 Å². The van der Waals surface area contributed by atoms with Crippen LogP contribution in [0.25, 0.3) is 0 Å². The van der Waals surface area contributed by atoms with E-state index in [1.165, 1.54) is 13.8 Å². The minimum atomic E-state index is -3.30. The van der Waals surface area contributed by atoms with Gasteiger partial charge in [-0.2, -0.15) is 0 Å². The van der Waals surface area contributed by atoms with Gasteiger partial charge in [0.15, 0.2) is 0 Å². The Morgan fingerprint density at radius 2 is 0.895 bits per heavy atom. The molecule has 0 spiro atoms. The Morgan fingerprint density at radius 3 is 1.11 bits per heavy atom. The van der Waals surface area contributed by atoms with Crippen molar-refractivity contribution in [1.29, 1.82) is 0 Å². The van der Waals surface area contributed by atoms with Gasteiger partial charge in [-0.3, -0.25) is 0 Å². The number of hydrogen-bond donors (Lipinski definition) is 0. The van der Waals surface area contributed by atoms with E-state index in [2.05, 4.69) is 0 Å². The van der Waals surface area contributed by atoms with Crippen LogP contribution in [0.5, 0.6) is 0 Å². The van der Waals surface area contributed by atoms with Gasteiger partial charge in [0.1, 0.15) is 0 Å². The maximum atomic E-state index is 11.1.